The summed E-state index contributed by atoms with van der Waals surface area (Å²) < 4.78 is 23.0. The Morgan fingerprint density at radius 3 is 0.731 bits per heavy atom. The third-order valence-electron chi connectivity index (χ3n) is 22.4. The van der Waals surface area contributed by atoms with E-state index in [4.69, 9.17) is 38.9 Å². The van der Waals surface area contributed by atoms with Crippen molar-refractivity contribution in [1.29, 1.82) is 0 Å². The van der Waals surface area contributed by atoms with Crippen molar-refractivity contribution in [2.45, 2.75) is 179 Å². The van der Waals surface area contributed by atoms with Crippen molar-refractivity contribution in [3.05, 3.63) is 209 Å². The van der Waals surface area contributed by atoms with E-state index in [1.165, 1.54) is 22.3 Å². The lowest BCUT2D eigenvalue weighted by molar-refractivity contribution is 0.0380. The van der Waals surface area contributed by atoms with Gasteiger partial charge in [0.25, 0.3) is 22.2 Å². The fraction of sp³-hybridized carbons (Fsp3) is 0.524. The molecule has 0 spiro atoms. The van der Waals surface area contributed by atoms with Gasteiger partial charge in [0.1, 0.15) is 23.3 Å². The van der Waals surface area contributed by atoms with Gasteiger partial charge in [-0.1, -0.05) is 149 Å². The number of H-pyrrole nitrogens is 4. The molecule has 0 unspecified atom stereocenters. The van der Waals surface area contributed by atoms with E-state index in [0.29, 0.717) is 74.4 Å². The molecule has 24 heteroatoms. The Bertz CT molecular complexity index is 3780. The van der Waals surface area contributed by atoms with Gasteiger partial charge in [-0.15, -0.1) is 0 Å². The molecule has 12 heterocycles. The molecule has 8 saturated heterocycles. The van der Waals surface area contributed by atoms with Crippen LogP contribution >= 0.6 is 0 Å². The Kier molecular flexibility index (Phi) is 27.1. The minimum absolute atomic E-state index is 0.0834. The number of aromatic nitrogens is 8. The Morgan fingerprint density at radius 2 is 0.528 bits per heavy atom. The van der Waals surface area contributed by atoms with E-state index in [1.807, 2.05) is 24.3 Å². The quantitative estimate of drug-likeness (QED) is 0.0554. The predicted molar refractivity (Wildman–Crippen MR) is 430 cm³/mol. The van der Waals surface area contributed by atoms with Crippen LogP contribution in [0.3, 0.4) is 0 Å². The highest BCUT2D eigenvalue weighted by atomic mass is 16.5. The average molecular weight is 1470 g/mol. The summed E-state index contributed by atoms with van der Waals surface area (Å²) in [5.74, 6) is 5.88. The lowest BCUT2D eigenvalue weighted by atomic mass is 10.0. The van der Waals surface area contributed by atoms with Crippen LogP contribution in [-0.4, -0.2) is 193 Å². The van der Waals surface area contributed by atoms with Crippen molar-refractivity contribution in [1.82, 2.24) is 39.9 Å². The van der Waals surface area contributed by atoms with Gasteiger partial charge in [-0.3, -0.25) is 39.1 Å². The number of benzene rings is 4. The van der Waals surface area contributed by atoms with Gasteiger partial charge in [-0.05, 0) is 125 Å². The molecule has 108 heavy (non-hydrogen) atoms. The lowest BCUT2D eigenvalue weighted by Gasteiger charge is -2.34. The van der Waals surface area contributed by atoms with Crippen molar-refractivity contribution in [3.8, 4) is 0 Å². The molecule has 16 rings (SSSR count). The van der Waals surface area contributed by atoms with E-state index < -0.39 is 0 Å². The number of nitrogens with zero attached hydrogens (tertiary/aromatic N) is 12. The fourth-order valence-corrected chi connectivity index (χ4v) is 16.5. The van der Waals surface area contributed by atoms with Gasteiger partial charge < -0.3 is 58.1 Å². The van der Waals surface area contributed by atoms with Crippen molar-refractivity contribution in [3.63, 3.8) is 0 Å². The molecule has 0 amide bonds. The molecule has 4 N–H and O–H groups in total. The predicted octanol–water partition coefficient (Wildman–Crippen LogP) is 10.4. The number of hydrogen-bond acceptors (Lipinski definition) is 20. The van der Waals surface area contributed by atoms with Crippen LogP contribution in [0.2, 0.25) is 0 Å². The van der Waals surface area contributed by atoms with Gasteiger partial charge in [0.2, 0.25) is 23.8 Å². The van der Waals surface area contributed by atoms with Crippen molar-refractivity contribution >= 4 is 47.1 Å². The minimum Gasteiger partial charge on any atom is -0.375 e. The molecule has 8 aromatic rings. The van der Waals surface area contributed by atoms with Crippen LogP contribution in [0, 0.1) is 0 Å². The summed E-state index contributed by atoms with van der Waals surface area (Å²) >= 11 is 0. The minimum atomic E-state index is -0.0834. The van der Waals surface area contributed by atoms with Crippen LogP contribution in [0.4, 0.5) is 47.1 Å². The van der Waals surface area contributed by atoms with Gasteiger partial charge >= 0.3 is 0 Å². The average Bonchev–Trinajstić information content (AvgIpc) is 1.49. The van der Waals surface area contributed by atoms with Crippen LogP contribution in [0.25, 0.3) is 0 Å². The van der Waals surface area contributed by atoms with Crippen molar-refractivity contribution in [2.75, 3.05) is 144 Å². The molecule has 8 aliphatic rings. The van der Waals surface area contributed by atoms with Crippen molar-refractivity contribution < 1.29 is 18.9 Å². The standard InChI is InChI=1S/4C21H28N4O2/c4*1-2-18-15-24(11-12-27-18)19-14-20(26)23-21(22-19)25-10-6-9-17(25)13-16-7-4-3-5-8-16/h4*3-5,7-8,14,17-18H,2,6,9-13,15H2,1H3,(H,22,23,26)/t2*17-,18+;2*17-,18-/m1010/s1. The highest BCUT2D eigenvalue weighted by Gasteiger charge is 2.34. The van der Waals surface area contributed by atoms with E-state index in [0.717, 1.165) is 205 Å². The molecule has 8 aliphatic heterocycles. The Balaban J connectivity index is 0.000000127. The van der Waals surface area contributed by atoms with E-state index in [-0.39, 0.29) is 46.7 Å². The number of morpholine rings is 4. The maximum atomic E-state index is 12.3. The van der Waals surface area contributed by atoms with Crippen LogP contribution in [-0.2, 0) is 44.6 Å². The monoisotopic (exact) mass is 1470 g/mol. The number of aromatic amines is 4. The Morgan fingerprint density at radius 1 is 0.315 bits per heavy atom. The van der Waals surface area contributed by atoms with Gasteiger partial charge in [0, 0.05) is 127 Å². The summed E-state index contributed by atoms with van der Waals surface area (Å²) in [4.78, 5) is 98.4. The first-order chi connectivity index (χ1) is 52.9. The highest BCUT2D eigenvalue weighted by Crippen LogP contribution is 2.32. The van der Waals surface area contributed by atoms with Crippen LogP contribution in [0.5, 0.6) is 0 Å². The first kappa shape index (κ1) is 76.8. The van der Waals surface area contributed by atoms with Crippen LogP contribution < -0.4 is 61.4 Å². The van der Waals surface area contributed by atoms with Gasteiger partial charge in [-0.25, -0.2) is 0 Å². The van der Waals surface area contributed by atoms with Crippen LogP contribution in [0.1, 0.15) is 127 Å². The molecule has 0 radical (unpaired) electrons. The molecule has 576 valence electrons. The number of anilines is 8. The third kappa shape index (κ3) is 20.7. The summed E-state index contributed by atoms with van der Waals surface area (Å²) in [6.07, 6.45) is 17.6. The Labute approximate surface area is 635 Å². The van der Waals surface area contributed by atoms with E-state index in [9.17, 15) is 19.2 Å². The fourth-order valence-electron chi connectivity index (χ4n) is 16.5. The van der Waals surface area contributed by atoms with Gasteiger partial charge in [0.15, 0.2) is 0 Å². The second kappa shape index (κ2) is 38.1. The lowest BCUT2D eigenvalue weighted by Crippen LogP contribution is -2.43. The highest BCUT2D eigenvalue weighted by molar-refractivity contribution is 5.50. The zero-order valence-corrected chi connectivity index (χ0v) is 63.7. The molecule has 24 nitrogen and oxygen atoms in total. The summed E-state index contributed by atoms with van der Waals surface area (Å²) in [5.41, 5.74) is 4.97. The summed E-state index contributed by atoms with van der Waals surface area (Å²) in [6, 6.07) is 50.1. The largest absolute Gasteiger partial charge is 0.375 e. The molecule has 4 aromatic carbocycles. The van der Waals surface area contributed by atoms with Gasteiger partial charge in [0.05, 0.1) is 50.8 Å². The number of ether oxygens (including phenoxy) is 4. The second-order valence-corrected chi connectivity index (χ2v) is 29.8. The smallest absolute Gasteiger partial charge is 0.254 e. The SMILES string of the molecule is CC[C@@H]1CN(c2cc(=O)[nH]c(N3CCC[C@@H]3Cc3ccccc3)n2)CCO1.CC[C@@H]1CN(c2cc(=O)[nH]c(N3CCC[C@H]3Cc3ccccc3)n2)CCO1.CC[C@H]1CN(c2cc(=O)[nH]c(N3CCC[C@@H]3Cc3ccccc3)n2)CCO1.CC[C@H]1CN(c2cc(=O)[nH]c(N3CCC[C@H]3Cc3ccccc3)n2)CCO1. The third-order valence-corrected chi connectivity index (χ3v) is 22.4. The number of nitrogens with one attached hydrogen (secondary N) is 4. The molecule has 4 aromatic heterocycles. The summed E-state index contributed by atoms with van der Waals surface area (Å²) in [5, 5.41) is 0. The molecule has 0 bridgehead atoms. The first-order valence-electron chi connectivity index (χ1n) is 40.0. The molecule has 0 aliphatic carbocycles. The topological polar surface area (TPSA) is 246 Å². The summed E-state index contributed by atoms with van der Waals surface area (Å²) in [7, 11) is 0. The molecule has 8 fully saturated rings. The number of rotatable bonds is 20. The van der Waals surface area contributed by atoms with Crippen LogP contribution in [0.15, 0.2) is 165 Å². The van der Waals surface area contributed by atoms with E-state index in [2.05, 4.69) is 184 Å². The second-order valence-electron chi connectivity index (χ2n) is 29.8. The van der Waals surface area contributed by atoms with E-state index in [1.54, 1.807) is 24.3 Å². The maximum Gasteiger partial charge on any atom is 0.254 e. The first-order valence-corrected chi connectivity index (χ1v) is 40.0. The summed E-state index contributed by atoms with van der Waals surface area (Å²) in [6.45, 7) is 21.3. The van der Waals surface area contributed by atoms with Crippen molar-refractivity contribution in [2.24, 2.45) is 0 Å². The normalized spacial score (nSPS) is 23.0. The molecule has 0 saturated carbocycles. The zero-order chi connectivity index (χ0) is 74.6. The van der Waals surface area contributed by atoms with Gasteiger partial charge in [-0.2, -0.15) is 19.9 Å². The zero-order valence-electron chi connectivity index (χ0n) is 63.7. The maximum absolute atomic E-state index is 12.3. The Hall–Kier alpha value is -9.36. The molecular formula is C84H112N16O8. The molecule has 8 atom stereocenters. The number of hydrogen-bond donors (Lipinski definition) is 4. The molecular weight excluding hydrogens is 1360 g/mol. The van der Waals surface area contributed by atoms with E-state index >= 15 is 0 Å².